The summed E-state index contributed by atoms with van der Waals surface area (Å²) in [5.74, 6) is -0.686. The number of aliphatic hydroxyl groups excluding tert-OH is 1. The Kier molecular flexibility index (Phi) is 7.18. The predicted octanol–water partition coefficient (Wildman–Crippen LogP) is 4.48. The second-order valence-corrected chi connectivity index (χ2v) is 12.5. The summed E-state index contributed by atoms with van der Waals surface area (Å²) in [5.41, 5.74) is 1.63. The molecule has 1 amide bonds. The highest BCUT2D eigenvalue weighted by molar-refractivity contribution is 8.00. The number of carbonyl (C=O) groups is 1. The lowest BCUT2D eigenvalue weighted by Crippen LogP contribution is -2.30. The van der Waals surface area contributed by atoms with Crippen molar-refractivity contribution in [3.05, 3.63) is 63.8 Å². The molecule has 1 saturated heterocycles. The van der Waals surface area contributed by atoms with Gasteiger partial charge in [-0.3, -0.25) is 9.59 Å². The topological polar surface area (TPSA) is 83.4 Å². The van der Waals surface area contributed by atoms with Crippen molar-refractivity contribution < 1.29 is 14.3 Å². The van der Waals surface area contributed by atoms with E-state index in [0.717, 1.165) is 48.2 Å². The number of amides is 1. The number of halogens is 1. The standard InChI is InChI=1S/C29H34FN3O3S/c1-17-23(11-19(12-25(17)30)27(35)32-20-5-6-20)18-4-7-22-24(10-18)26(37-21-8-9-31-13-21)14-33(28(22)36)15-29(2,3)16-34/h4,7,10-12,14,20-21,31,34H,5-6,8-9,13,15-16H2,1-3H3,(H,32,35). The third-order valence-electron chi connectivity index (χ3n) is 7.21. The zero-order chi connectivity index (χ0) is 26.3. The normalized spacial score (nSPS) is 17.9. The van der Waals surface area contributed by atoms with E-state index in [1.165, 1.54) is 6.07 Å². The fourth-order valence-corrected chi connectivity index (χ4v) is 6.04. The molecule has 6 nitrogen and oxygen atoms in total. The van der Waals surface area contributed by atoms with Gasteiger partial charge in [-0.1, -0.05) is 19.9 Å². The van der Waals surface area contributed by atoms with E-state index in [9.17, 15) is 19.1 Å². The van der Waals surface area contributed by atoms with E-state index in [4.69, 9.17) is 0 Å². The number of rotatable bonds is 8. The smallest absolute Gasteiger partial charge is 0.258 e. The number of aromatic nitrogens is 1. The number of nitrogens with zero attached hydrogens (tertiary/aromatic N) is 1. The Balaban J connectivity index is 1.62. The second-order valence-electron chi connectivity index (χ2n) is 11.1. The number of benzene rings is 2. The molecule has 3 aromatic rings. The SMILES string of the molecule is Cc1c(F)cc(C(=O)NC2CC2)cc1-c1ccc2c(=O)n(CC(C)(C)CO)cc(SC3CCNC3)c2c1. The van der Waals surface area contributed by atoms with Gasteiger partial charge in [-0.05, 0) is 73.7 Å². The van der Waals surface area contributed by atoms with Gasteiger partial charge in [-0.2, -0.15) is 0 Å². The molecule has 37 heavy (non-hydrogen) atoms. The van der Waals surface area contributed by atoms with Crippen LogP contribution in [0.1, 0.15) is 49.0 Å². The van der Waals surface area contributed by atoms with Crippen molar-refractivity contribution >= 4 is 28.4 Å². The first-order chi connectivity index (χ1) is 17.6. The highest BCUT2D eigenvalue weighted by Gasteiger charge is 2.25. The van der Waals surface area contributed by atoms with Gasteiger partial charge >= 0.3 is 0 Å². The lowest BCUT2D eigenvalue weighted by Gasteiger charge is -2.24. The summed E-state index contributed by atoms with van der Waals surface area (Å²) in [6.45, 7) is 7.82. The molecule has 2 fully saturated rings. The fraction of sp³-hybridized carbons (Fsp3) is 0.448. The number of carbonyl (C=O) groups excluding carboxylic acids is 1. The van der Waals surface area contributed by atoms with E-state index in [1.807, 2.05) is 32.2 Å². The molecule has 2 aliphatic rings. The highest BCUT2D eigenvalue weighted by atomic mass is 32.2. The average Bonchev–Trinajstić information content (AvgIpc) is 3.54. The molecule has 1 aliphatic heterocycles. The van der Waals surface area contributed by atoms with Crippen molar-refractivity contribution in [2.24, 2.45) is 5.41 Å². The van der Waals surface area contributed by atoms with E-state index in [1.54, 1.807) is 35.4 Å². The molecule has 1 aromatic heterocycles. The van der Waals surface area contributed by atoms with E-state index in [-0.39, 0.29) is 24.1 Å². The second kappa shape index (κ2) is 10.2. The summed E-state index contributed by atoms with van der Waals surface area (Å²) in [5, 5.41) is 17.9. The summed E-state index contributed by atoms with van der Waals surface area (Å²) in [4.78, 5) is 27.1. The number of pyridine rings is 1. The monoisotopic (exact) mass is 523 g/mol. The van der Waals surface area contributed by atoms with Crippen LogP contribution in [0.2, 0.25) is 0 Å². The van der Waals surface area contributed by atoms with Gasteiger partial charge in [0.05, 0.1) is 0 Å². The van der Waals surface area contributed by atoms with Crippen LogP contribution in [0.4, 0.5) is 4.39 Å². The van der Waals surface area contributed by atoms with Gasteiger partial charge in [0, 0.05) is 63.8 Å². The first-order valence-electron chi connectivity index (χ1n) is 12.9. The summed E-state index contributed by atoms with van der Waals surface area (Å²) < 4.78 is 16.7. The number of thioether (sulfide) groups is 1. The highest BCUT2D eigenvalue weighted by Crippen LogP contribution is 2.36. The van der Waals surface area contributed by atoms with Crippen molar-refractivity contribution in [2.75, 3.05) is 19.7 Å². The zero-order valence-electron chi connectivity index (χ0n) is 21.6. The maximum absolute atomic E-state index is 14.9. The molecule has 5 rings (SSSR count). The lowest BCUT2D eigenvalue weighted by molar-refractivity contribution is 0.0950. The van der Waals surface area contributed by atoms with Crippen LogP contribution in [-0.2, 0) is 6.54 Å². The van der Waals surface area contributed by atoms with Gasteiger partial charge in [0.25, 0.3) is 11.5 Å². The Morgan fingerprint density at radius 3 is 2.68 bits per heavy atom. The van der Waals surface area contributed by atoms with E-state index in [2.05, 4.69) is 10.6 Å². The van der Waals surface area contributed by atoms with Gasteiger partial charge in [0.2, 0.25) is 0 Å². The van der Waals surface area contributed by atoms with E-state index in [0.29, 0.717) is 33.9 Å². The quantitative estimate of drug-likeness (QED) is 0.406. The van der Waals surface area contributed by atoms with Crippen molar-refractivity contribution in [3.63, 3.8) is 0 Å². The minimum atomic E-state index is -0.440. The Labute approximate surface area is 220 Å². The van der Waals surface area contributed by atoms with Crippen LogP contribution in [0.3, 0.4) is 0 Å². The van der Waals surface area contributed by atoms with Crippen molar-refractivity contribution in [1.82, 2.24) is 15.2 Å². The predicted molar refractivity (Wildman–Crippen MR) is 147 cm³/mol. The van der Waals surface area contributed by atoms with Crippen LogP contribution in [0, 0.1) is 18.2 Å². The van der Waals surface area contributed by atoms with E-state index < -0.39 is 11.2 Å². The molecule has 8 heteroatoms. The molecule has 0 bridgehead atoms. The summed E-state index contributed by atoms with van der Waals surface area (Å²) in [7, 11) is 0. The molecular formula is C29H34FN3O3S. The van der Waals surface area contributed by atoms with Gasteiger partial charge in [-0.25, -0.2) is 4.39 Å². The molecule has 1 saturated carbocycles. The van der Waals surface area contributed by atoms with Crippen molar-refractivity contribution in [1.29, 1.82) is 0 Å². The summed E-state index contributed by atoms with van der Waals surface area (Å²) >= 11 is 1.75. The Bertz CT molecular complexity index is 1410. The third-order valence-corrected chi connectivity index (χ3v) is 8.53. The number of nitrogens with one attached hydrogen (secondary N) is 2. The Morgan fingerprint density at radius 2 is 2.00 bits per heavy atom. The Hall–Kier alpha value is -2.68. The minimum absolute atomic E-state index is 0.0268. The maximum Gasteiger partial charge on any atom is 0.258 e. The van der Waals surface area contributed by atoms with Gasteiger partial charge in [-0.15, -0.1) is 11.8 Å². The lowest BCUT2D eigenvalue weighted by atomic mass is 9.94. The molecule has 3 N–H and O–H groups in total. The molecule has 1 unspecified atom stereocenters. The van der Waals surface area contributed by atoms with Gasteiger partial charge in [0.1, 0.15) is 5.82 Å². The minimum Gasteiger partial charge on any atom is -0.396 e. The molecule has 0 radical (unpaired) electrons. The molecule has 196 valence electrons. The van der Waals surface area contributed by atoms with Crippen LogP contribution < -0.4 is 16.2 Å². The van der Waals surface area contributed by atoms with Gasteiger partial charge < -0.3 is 20.3 Å². The first-order valence-corrected chi connectivity index (χ1v) is 13.8. The van der Waals surface area contributed by atoms with Crippen LogP contribution in [-0.4, -0.2) is 46.6 Å². The molecule has 2 aromatic carbocycles. The molecule has 1 atom stereocenters. The van der Waals surface area contributed by atoms with Crippen molar-refractivity contribution in [2.45, 2.75) is 62.8 Å². The third kappa shape index (κ3) is 5.61. The fourth-order valence-electron chi connectivity index (χ4n) is 4.76. The summed E-state index contributed by atoms with van der Waals surface area (Å²) in [6, 6.07) is 8.82. The van der Waals surface area contributed by atoms with Crippen LogP contribution in [0.25, 0.3) is 21.9 Å². The summed E-state index contributed by atoms with van der Waals surface area (Å²) in [6.07, 6.45) is 4.86. The first kappa shape index (κ1) is 25.9. The van der Waals surface area contributed by atoms with Crippen LogP contribution in [0.15, 0.2) is 46.2 Å². The molecule has 2 heterocycles. The van der Waals surface area contributed by atoms with Crippen molar-refractivity contribution in [3.8, 4) is 11.1 Å². The van der Waals surface area contributed by atoms with Crippen LogP contribution >= 0.6 is 11.8 Å². The van der Waals surface area contributed by atoms with E-state index >= 15 is 0 Å². The zero-order valence-corrected chi connectivity index (χ0v) is 22.4. The molecular weight excluding hydrogens is 489 g/mol. The van der Waals surface area contributed by atoms with Gasteiger partial charge in [0.15, 0.2) is 0 Å². The average molecular weight is 524 g/mol. The maximum atomic E-state index is 14.9. The number of fused-ring (bicyclic) bond motifs is 1. The van der Waals surface area contributed by atoms with Crippen LogP contribution in [0.5, 0.6) is 0 Å². The Morgan fingerprint density at radius 1 is 1.22 bits per heavy atom. The largest absolute Gasteiger partial charge is 0.396 e. The number of hydrogen-bond acceptors (Lipinski definition) is 5. The number of hydrogen-bond donors (Lipinski definition) is 3. The number of aliphatic hydroxyl groups is 1. The molecule has 0 spiro atoms. The molecule has 1 aliphatic carbocycles.